The standard InChI is InChI=1S/C16H24N6O3S2.ClH/c1-19-14-13(15(24)20(2)16(19)25)21(10-18-14)9-12-22(5-8-27-12)11(23)3-6-26-7-4-17;/h10,12H,3-9,17H2,1-2H3;1H. The third-order valence-electron chi connectivity index (χ3n) is 4.60. The predicted octanol–water partition coefficient (Wildman–Crippen LogP) is -0.161. The monoisotopic (exact) mass is 448 g/mol. The highest BCUT2D eigenvalue weighted by Crippen LogP contribution is 2.27. The number of carbonyl (C=O) groups excluding carboxylic acids is 1. The summed E-state index contributed by atoms with van der Waals surface area (Å²) in [6, 6.07) is 0. The molecule has 0 saturated carbocycles. The molecule has 0 aliphatic carbocycles. The van der Waals surface area contributed by atoms with E-state index < -0.39 is 5.69 Å². The van der Waals surface area contributed by atoms with Gasteiger partial charge in [0, 0.05) is 50.9 Å². The van der Waals surface area contributed by atoms with E-state index in [0.29, 0.717) is 37.2 Å². The lowest BCUT2D eigenvalue weighted by atomic mass is 10.3. The predicted molar refractivity (Wildman–Crippen MR) is 116 cm³/mol. The van der Waals surface area contributed by atoms with E-state index in [4.69, 9.17) is 5.73 Å². The van der Waals surface area contributed by atoms with Gasteiger partial charge in [0.2, 0.25) is 5.91 Å². The fraction of sp³-hybridized carbons (Fsp3) is 0.625. The van der Waals surface area contributed by atoms with E-state index in [1.807, 2.05) is 4.90 Å². The summed E-state index contributed by atoms with van der Waals surface area (Å²) < 4.78 is 4.20. The van der Waals surface area contributed by atoms with Gasteiger partial charge in [-0.25, -0.2) is 9.78 Å². The van der Waals surface area contributed by atoms with Crippen LogP contribution in [0.25, 0.3) is 11.2 Å². The Balaban J connectivity index is 0.00000280. The van der Waals surface area contributed by atoms with Crippen LogP contribution in [-0.2, 0) is 25.4 Å². The van der Waals surface area contributed by atoms with Gasteiger partial charge in [-0.05, 0) is 0 Å². The maximum absolute atomic E-state index is 12.6. The van der Waals surface area contributed by atoms with Crippen molar-refractivity contribution < 1.29 is 4.79 Å². The number of hydrogen-bond acceptors (Lipinski definition) is 7. The molecule has 1 amide bonds. The van der Waals surface area contributed by atoms with E-state index in [-0.39, 0.29) is 29.2 Å². The van der Waals surface area contributed by atoms with Crippen LogP contribution in [0.15, 0.2) is 15.9 Å². The normalized spacial score (nSPS) is 16.5. The minimum atomic E-state index is -0.403. The average Bonchev–Trinajstić information content (AvgIpc) is 3.29. The molecule has 3 rings (SSSR count). The number of thioether (sulfide) groups is 2. The van der Waals surface area contributed by atoms with Crippen LogP contribution < -0.4 is 17.0 Å². The van der Waals surface area contributed by atoms with Gasteiger partial charge in [0.1, 0.15) is 0 Å². The van der Waals surface area contributed by atoms with Gasteiger partial charge in [-0.1, -0.05) is 0 Å². The number of nitrogens with two attached hydrogens (primary N) is 1. The van der Waals surface area contributed by atoms with Crippen LogP contribution in [0.5, 0.6) is 0 Å². The van der Waals surface area contributed by atoms with E-state index in [9.17, 15) is 14.4 Å². The number of rotatable bonds is 7. The Morgan fingerprint density at radius 2 is 2.07 bits per heavy atom. The van der Waals surface area contributed by atoms with Crippen molar-refractivity contribution in [2.24, 2.45) is 19.8 Å². The summed E-state index contributed by atoms with van der Waals surface area (Å²) in [5.74, 6) is 2.61. The highest BCUT2D eigenvalue weighted by Gasteiger charge is 2.30. The van der Waals surface area contributed by atoms with Gasteiger partial charge in [-0.2, -0.15) is 11.8 Å². The van der Waals surface area contributed by atoms with Crippen molar-refractivity contribution in [2.45, 2.75) is 18.3 Å². The minimum Gasteiger partial charge on any atom is -0.330 e. The molecule has 0 radical (unpaired) electrons. The second-order valence-electron chi connectivity index (χ2n) is 6.34. The molecule has 1 aliphatic heterocycles. The lowest BCUT2D eigenvalue weighted by Gasteiger charge is -2.24. The maximum Gasteiger partial charge on any atom is 0.332 e. The Hall–Kier alpha value is -1.43. The van der Waals surface area contributed by atoms with Gasteiger partial charge < -0.3 is 15.2 Å². The fourth-order valence-corrected chi connectivity index (χ4v) is 5.08. The summed E-state index contributed by atoms with van der Waals surface area (Å²) in [6.45, 7) is 1.79. The van der Waals surface area contributed by atoms with Crippen LogP contribution in [0, 0.1) is 0 Å². The zero-order valence-corrected chi connectivity index (χ0v) is 18.3. The molecule has 156 valence electrons. The number of fused-ring (bicyclic) bond motifs is 1. The maximum atomic E-state index is 12.6. The van der Waals surface area contributed by atoms with E-state index in [0.717, 1.165) is 21.8 Å². The number of halogens is 1. The molecule has 2 aromatic heterocycles. The van der Waals surface area contributed by atoms with E-state index in [2.05, 4.69) is 4.98 Å². The molecule has 2 aromatic rings. The SMILES string of the molecule is Cl.Cn1c(=O)c2c(ncn2CC2SCCN2C(=O)CCSCCN)n(C)c1=O. The van der Waals surface area contributed by atoms with Crippen LogP contribution in [-0.4, -0.2) is 65.2 Å². The summed E-state index contributed by atoms with van der Waals surface area (Å²) in [5.41, 5.74) is 5.45. The largest absolute Gasteiger partial charge is 0.332 e. The van der Waals surface area contributed by atoms with E-state index >= 15 is 0 Å². The second-order valence-corrected chi connectivity index (χ2v) is 8.85. The number of aromatic nitrogens is 4. The first-order chi connectivity index (χ1) is 13.0. The molecule has 3 heterocycles. The Morgan fingerprint density at radius 1 is 1.32 bits per heavy atom. The lowest BCUT2D eigenvalue weighted by molar-refractivity contribution is -0.130. The molecule has 12 heteroatoms. The van der Waals surface area contributed by atoms with Crippen molar-refractivity contribution in [3.05, 3.63) is 27.2 Å². The number of nitrogens with zero attached hydrogens (tertiary/aromatic N) is 5. The molecule has 1 aliphatic rings. The van der Waals surface area contributed by atoms with Crippen LogP contribution in [0.2, 0.25) is 0 Å². The molecule has 0 spiro atoms. The summed E-state index contributed by atoms with van der Waals surface area (Å²) in [7, 11) is 3.06. The zero-order valence-electron chi connectivity index (χ0n) is 15.9. The topological polar surface area (TPSA) is 108 Å². The molecular weight excluding hydrogens is 424 g/mol. The molecule has 9 nitrogen and oxygen atoms in total. The van der Waals surface area contributed by atoms with Gasteiger partial charge >= 0.3 is 5.69 Å². The summed E-state index contributed by atoms with van der Waals surface area (Å²) in [6.07, 6.45) is 2.06. The Morgan fingerprint density at radius 3 is 2.79 bits per heavy atom. The molecule has 0 aromatic carbocycles. The van der Waals surface area contributed by atoms with Crippen LogP contribution in [0.1, 0.15) is 6.42 Å². The van der Waals surface area contributed by atoms with Gasteiger partial charge in [0.25, 0.3) is 5.56 Å². The molecule has 1 atom stereocenters. The molecule has 1 fully saturated rings. The van der Waals surface area contributed by atoms with Crippen LogP contribution >= 0.6 is 35.9 Å². The molecule has 0 bridgehead atoms. The third kappa shape index (κ3) is 4.42. The number of carbonyl (C=O) groups is 1. The summed E-state index contributed by atoms with van der Waals surface area (Å²) in [5, 5.41) is -0.0450. The molecule has 1 saturated heterocycles. The first-order valence-corrected chi connectivity index (χ1v) is 11.0. The van der Waals surface area contributed by atoms with Gasteiger partial charge in [0.15, 0.2) is 11.2 Å². The van der Waals surface area contributed by atoms with Crippen molar-refractivity contribution in [3.8, 4) is 0 Å². The summed E-state index contributed by atoms with van der Waals surface area (Å²) >= 11 is 3.38. The zero-order chi connectivity index (χ0) is 19.6. The second kappa shape index (κ2) is 9.86. The summed E-state index contributed by atoms with van der Waals surface area (Å²) in [4.78, 5) is 43.3. The minimum absolute atomic E-state index is 0. The third-order valence-corrected chi connectivity index (χ3v) is 6.83. The van der Waals surface area contributed by atoms with Crippen molar-refractivity contribution in [2.75, 3.05) is 30.3 Å². The molecule has 1 unspecified atom stereocenters. The van der Waals surface area contributed by atoms with Crippen LogP contribution in [0.4, 0.5) is 0 Å². The molecule has 2 N–H and O–H groups in total. The Kier molecular flexibility index (Phi) is 8.05. The smallest absolute Gasteiger partial charge is 0.330 e. The van der Waals surface area contributed by atoms with Crippen molar-refractivity contribution in [1.82, 2.24) is 23.6 Å². The average molecular weight is 449 g/mol. The van der Waals surface area contributed by atoms with E-state index in [1.54, 1.807) is 41.5 Å². The number of amides is 1. The van der Waals surface area contributed by atoms with Crippen molar-refractivity contribution in [1.29, 1.82) is 0 Å². The lowest BCUT2D eigenvalue weighted by Crippen LogP contribution is -2.39. The number of hydrogen-bond donors (Lipinski definition) is 1. The quantitative estimate of drug-likeness (QED) is 0.586. The number of imidazole rings is 1. The first-order valence-electron chi connectivity index (χ1n) is 8.75. The molecular formula is C16H25ClN6O3S2. The van der Waals surface area contributed by atoms with Crippen molar-refractivity contribution in [3.63, 3.8) is 0 Å². The van der Waals surface area contributed by atoms with Gasteiger partial charge in [0.05, 0.1) is 18.2 Å². The van der Waals surface area contributed by atoms with Gasteiger partial charge in [-0.15, -0.1) is 24.2 Å². The van der Waals surface area contributed by atoms with Crippen molar-refractivity contribution >= 4 is 53.0 Å². The number of aryl methyl sites for hydroxylation is 1. The first kappa shape index (κ1) is 22.9. The van der Waals surface area contributed by atoms with Gasteiger partial charge in [-0.3, -0.25) is 18.7 Å². The highest BCUT2D eigenvalue weighted by molar-refractivity contribution is 8.00. The Bertz CT molecular complexity index is 956. The highest BCUT2D eigenvalue weighted by atomic mass is 35.5. The molecule has 28 heavy (non-hydrogen) atoms. The van der Waals surface area contributed by atoms with E-state index in [1.165, 1.54) is 11.6 Å². The Labute approximate surface area is 177 Å². The van der Waals surface area contributed by atoms with Crippen LogP contribution in [0.3, 0.4) is 0 Å². The fourth-order valence-electron chi connectivity index (χ4n) is 3.15.